The van der Waals surface area contributed by atoms with Gasteiger partial charge in [-0.25, -0.2) is 8.42 Å². The molecule has 0 unspecified atom stereocenters. The highest BCUT2D eigenvalue weighted by atomic mass is 35.7. The number of benzene rings is 1. The van der Waals surface area contributed by atoms with Crippen molar-refractivity contribution in [2.24, 2.45) is 0 Å². The Morgan fingerprint density at radius 2 is 1.90 bits per heavy atom. The maximum Gasteiger partial charge on any atom is 0.261 e. The summed E-state index contributed by atoms with van der Waals surface area (Å²) in [6.07, 6.45) is 5.31. The van der Waals surface area contributed by atoms with Crippen LogP contribution in [-0.4, -0.2) is 19.9 Å². The number of halogens is 1. The van der Waals surface area contributed by atoms with E-state index in [1.54, 1.807) is 6.07 Å². The van der Waals surface area contributed by atoms with Crippen LogP contribution in [0.5, 0.6) is 0 Å². The minimum Gasteiger partial charge on any atom is -0.347 e. The first-order valence-electron chi connectivity index (χ1n) is 6.67. The number of carbonyl (C=O) groups excluding carboxylic acids is 1. The quantitative estimate of drug-likeness (QED) is 0.872. The summed E-state index contributed by atoms with van der Waals surface area (Å²) in [6, 6.07) is 5.80. The zero-order chi connectivity index (χ0) is 14.8. The van der Waals surface area contributed by atoms with Gasteiger partial charge >= 0.3 is 0 Å². The van der Waals surface area contributed by atoms with Crippen LogP contribution in [0.2, 0.25) is 0 Å². The molecule has 0 saturated heterocycles. The van der Waals surface area contributed by atoms with Gasteiger partial charge in [0, 0.05) is 21.8 Å². The molecule has 0 radical (unpaired) electrons. The second kappa shape index (κ2) is 5.74. The minimum absolute atomic E-state index is 0.0550. The van der Waals surface area contributed by atoms with Crippen LogP contribution in [0.1, 0.15) is 49.4 Å². The Morgan fingerprint density at radius 1 is 1.25 bits per heavy atom. The SMILES string of the molecule is CC1(NC(=O)c2cccc(S(=O)(=O)Cl)c2)CCCCC1. The second-order valence-electron chi connectivity index (χ2n) is 5.54. The van der Waals surface area contributed by atoms with E-state index in [1.807, 2.05) is 6.92 Å². The van der Waals surface area contributed by atoms with Crippen LogP contribution in [0, 0.1) is 0 Å². The number of rotatable bonds is 3. The van der Waals surface area contributed by atoms with E-state index in [0.29, 0.717) is 5.56 Å². The van der Waals surface area contributed by atoms with Crippen molar-refractivity contribution in [2.75, 3.05) is 0 Å². The van der Waals surface area contributed by atoms with Gasteiger partial charge in [-0.15, -0.1) is 0 Å². The molecule has 1 N–H and O–H groups in total. The normalized spacial score (nSPS) is 18.5. The smallest absolute Gasteiger partial charge is 0.261 e. The average Bonchev–Trinajstić information content (AvgIpc) is 2.38. The summed E-state index contributed by atoms with van der Waals surface area (Å²) < 4.78 is 22.6. The lowest BCUT2D eigenvalue weighted by atomic mass is 9.83. The van der Waals surface area contributed by atoms with Crippen LogP contribution in [0.3, 0.4) is 0 Å². The molecule has 0 bridgehead atoms. The molecule has 1 amide bonds. The third-order valence-corrected chi connectivity index (χ3v) is 5.10. The Morgan fingerprint density at radius 3 is 2.50 bits per heavy atom. The predicted molar refractivity (Wildman–Crippen MR) is 78.4 cm³/mol. The Kier molecular flexibility index (Phi) is 4.39. The molecule has 1 saturated carbocycles. The summed E-state index contributed by atoms with van der Waals surface area (Å²) in [6.45, 7) is 2.03. The maximum atomic E-state index is 12.2. The fraction of sp³-hybridized carbons (Fsp3) is 0.500. The Bertz CT molecular complexity index is 607. The highest BCUT2D eigenvalue weighted by Crippen LogP contribution is 2.28. The van der Waals surface area contributed by atoms with Crippen LogP contribution in [0.15, 0.2) is 29.2 Å². The molecule has 4 nitrogen and oxygen atoms in total. The van der Waals surface area contributed by atoms with E-state index in [-0.39, 0.29) is 16.3 Å². The van der Waals surface area contributed by atoms with Gasteiger partial charge in [-0.3, -0.25) is 4.79 Å². The minimum atomic E-state index is -3.81. The molecule has 1 fully saturated rings. The second-order valence-corrected chi connectivity index (χ2v) is 8.11. The number of nitrogens with one attached hydrogen (secondary N) is 1. The molecule has 1 aromatic rings. The molecule has 20 heavy (non-hydrogen) atoms. The van der Waals surface area contributed by atoms with Gasteiger partial charge in [0.25, 0.3) is 15.0 Å². The summed E-state index contributed by atoms with van der Waals surface area (Å²) in [7, 11) is 1.48. The lowest BCUT2D eigenvalue weighted by Gasteiger charge is -2.34. The first kappa shape index (κ1) is 15.3. The van der Waals surface area contributed by atoms with E-state index >= 15 is 0 Å². The first-order chi connectivity index (χ1) is 9.30. The lowest BCUT2D eigenvalue weighted by molar-refractivity contribution is 0.0882. The summed E-state index contributed by atoms with van der Waals surface area (Å²) in [5.41, 5.74) is 0.115. The largest absolute Gasteiger partial charge is 0.347 e. The molecule has 110 valence electrons. The van der Waals surface area contributed by atoms with Gasteiger partial charge in [0.05, 0.1) is 4.90 Å². The number of hydrogen-bond donors (Lipinski definition) is 1. The maximum absolute atomic E-state index is 12.2. The monoisotopic (exact) mass is 315 g/mol. The third kappa shape index (κ3) is 3.73. The standard InChI is InChI=1S/C14H18ClNO3S/c1-14(8-3-2-4-9-14)16-13(17)11-6-5-7-12(10-11)20(15,18)19/h5-7,10H,2-4,8-9H2,1H3,(H,16,17). The summed E-state index contributed by atoms with van der Waals surface area (Å²) in [4.78, 5) is 12.2. The van der Waals surface area contributed by atoms with Crippen molar-refractivity contribution in [3.63, 3.8) is 0 Å². The highest BCUT2D eigenvalue weighted by Gasteiger charge is 2.28. The van der Waals surface area contributed by atoms with Crippen LogP contribution in [-0.2, 0) is 9.05 Å². The van der Waals surface area contributed by atoms with Gasteiger partial charge in [0.1, 0.15) is 0 Å². The Hall–Kier alpha value is -1.07. The van der Waals surface area contributed by atoms with Gasteiger partial charge in [0.15, 0.2) is 0 Å². The molecular formula is C14H18ClNO3S. The molecule has 0 aliphatic heterocycles. The van der Waals surface area contributed by atoms with Crippen LogP contribution < -0.4 is 5.32 Å². The molecule has 0 aromatic heterocycles. The lowest BCUT2D eigenvalue weighted by Crippen LogP contribution is -2.47. The number of hydrogen-bond acceptors (Lipinski definition) is 3. The molecule has 0 spiro atoms. The predicted octanol–water partition coefficient (Wildman–Crippen LogP) is 3.07. The Balaban J connectivity index is 2.17. The highest BCUT2D eigenvalue weighted by molar-refractivity contribution is 8.13. The number of amides is 1. The van der Waals surface area contributed by atoms with Crippen molar-refractivity contribution in [2.45, 2.75) is 49.5 Å². The van der Waals surface area contributed by atoms with Crippen molar-refractivity contribution in [1.82, 2.24) is 5.32 Å². The summed E-state index contributed by atoms with van der Waals surface area (Å²) in [5, 5.41) is 3.01. The molecule has 2 rings (SSSR count). The first-order valence-corrected chi connectivity index (χ1v) is 8.98. The van der Waals surface area contributed by atoms with Crippen molar-refractivity contribution < 1.29 is 13.2 Å². The molecule has 1 aliphatic rings. The van der Waals surface area contributed by atoms with E-state index in [9.17, 15) is 13.2 Å². The van der Waals surface area contributed by atoms with Crippen molar-refractivity contribution in [1.29, 1.82) is 0 Å². The van der Waals surface area contributed by atoms with Crippen LogP contribution in [0.4, 0.5) is 0 Å². The van der Waals surface area contributed by atoms with Gasteiger partial charge in [-0.2, -0.15) is 0 Å². The summed E-state index contributed by atoms with van der Waals surface area (Å²) in [5.74, 6) is -0.253. The topological polar surface area (TPSA) is 63.2 Å². The van der Waals surface area contributed by atoms with E-state index in [0.717, 1.165) is 25.7 Å². The summed E-state index contributed by atoms with van der Waals surface area (Å²) >= 11 is 0. The van der Waals surface area contributed by atoms with Gasteiger partial charge in [0.2, 0.25) is 0 Å². The van der Waals surface area contributed by atoms with Crippen molar-refractivity contribution in [3.05, 3.63) is 29.8 Å². The average molecular weight is 316 g/mol. The van der Waals surface area contributed by atoms with Gasteiger partial charge < -0.3 is 5.32 Å². The fourth-order valence-corrected chi connectivity index (χ4v) is 3.39. The van der Waals surface area contributed by atoms with E-state index < -0.39 is 9.05 Å². The van der Waals surface area contributed by atoms with Crippen LogP contribution in [0.25, 0.3) is 0 Å². The molecular weight excluding hydrogens is 298 g/mol. The molecule has 1 aromatic carbocycles. The molecule has 6 heteroatoms. The number of carbonyl (C=O) groups is 1. The zero-order valence-corrected chi connectivity index (χ0v) is 12.9. The third-order valence-electron chi connectivity index (χ3n) is 3.75. The molecule has 1 aliphatic carbocycles. The molecule has 0 heterocycles. The fourth-order valence-electron chi connectivity index (χ4n) is 2.59. The molecule has 0 atom stereocenters. The van der Waals surface area contributed by atoms with E-state index in [4.69, 9.17) is 10.7 Å². The van der Waals surface area contributed by atoms with E-state index in [2.05, 4.69) is 5.32 Å². The van der Waals surface area contributed by atoms with Gasteiger partial charge in [-0.1, -0.05) is 25.3 Å². The van der Waals surface area contributed by atoms with Crippen molar-refractivity contribution in [3.8, 4) is 0 Å². The van der Waals surface area contributed by atoms with Crippen LogP contribution >= 0.6 is 10.7 Å². The van der Waals surface area contributed by atoms with Gasteiger partial charge in [-0.05, 0) is 38.0 Å². The zero-order valence-electron chi connectivity index (χ0n) is 11.4. The van der Waals surface area contributed by atoms with Crippen molar-refractivity contribution >= 4 is 25.6 Å². The van der Waals surface area contributed by atoms with E-state index in [1.165, 1.54) is 24.6 Å². The Labute approximate surface area is 123 Å².